The lowest BCUT2D eigenvalue weighted by molar-refractivity contribution is 0.0597. The number of carbonyl (C=O) groups excluding carboxylic acids is 2. The van der Waals surface area contributed by atoms with Crippen molar-refractivity contribution in [2.45, 2.75) is 6.92 Å². The molecule has 0 saturated heterocycles. The van der Waals surface area contributed by atoms with Gasteiger partial charge in [-0.05, 0) is 65.4 Å². The molecular formula is C16H13IO4. The van der Waals surface area contributed by atoms with Gasteiger partial charge in [0.2, 0.25) is 0 Å². The molecular weight excluding hydrogens is 383 g/mol. The van der Waals surface area contributed by atoms with Gasteiger partial charge in [-0.15, -0.1) is 0 Å². The molecule has 2 aromatic rings. The predicted molar refractivity (Wildman–Crippen MR) is 86.6 cm³/mol. The van der Waals surface area contributed by atoms with Crippen LogP contribution in [-0.2, 0) is 4.74 Å². The normalized spacial score (nSPS) is 10.0. The van der Waals surface area contributed by atoms with Gasteiger partial charge in [0.05, 0.1) is 18.2 Å². The van der Waals surface area contributed by atoms with Crippen molar-refractivity contribution in [1.82, 2.24) is 0 Å². The molecule has 0 unspecified atom stereocenters. The van der Waals surface area contributed by atoms with Gasteiger partial charge in [0.15, 0.2) is 0 Å². The average Bonchev–Trinajstić information content (AvgIpc) is 2.49. The first-order valence-electron chi connectivity index (χ1n) is 6.18. The number of rotatable bonds is 3. The van der Waals surface area contributed by atoms with Gasteiger partial charge in [-0.3, -0.25) is 0 Å². The summed E-state index contributed by atoms with van der Waals surface area (Å²) in [6, 6.07) is 11.7. The number of benzene rings is 2. The molecule has 2 aromatic carbocycles. The molecule has 0 fully saturated rings. The van der Waals surface area contributed by atoms with Crippen LogP contribution in [0.3, 0.4) is 0 Å². The van der Waals surface area contributed by atoms with Gasteiger partial charge in [-0.25, -0.2) is 9.59 Å². The minimum atomic E-state index is -0.474. The second kappa shape index (κ2) is 6.71. The van der Waals surface area contributed by atoms with Gasteiger partial charge in [-0.2, -0.15) is 0 Å². The summed E-state index contributed by atoms with van der Waals surface area (Å²) in [6.45, 7) is 1.97. The summed E-state index contributed by atoms with van der Waals surface area (Å²) in [7, 11) is 1.30. The highest BCUT2D eigenvalue weighted by atomic mass is 127. The Labute approximate surface area is 136 Å². The van der Waals surface area contributed by atoms with E-state index >= 15 is 0 Å². The number of hydrogen-bond donors (Lipinski definition) is 0. The van der Waals surface area contributed by atoms with Crippen molar-refractivity contribution in [2.75, 3.05) is 7.11 Å². The van der Waals surface area contributed by atoms with E-state index in [4.69, 9.17) is 4.74 Å². The van der Waals surface area contributed by atoms with E-state index in [2.05, 4.69) is 27.3 Å². The SMILES string of the molecule is COC(=O)c1cccc(OC(=O)c2ccc(C)c(I)c2)c1. The van der Waals surface area contributed by atoms with E-state index in [9.17, 15) is 9.59 Å². The Balaban J connectivity index is 2.19. The molecule has 5 heteroatoms. The third kappa shape index (κ3) is 3.81. The fraction of sp³-hybridized carbons (Fsp3) is 0.125. The van der Waals surface area contributed by atoms with E-state index in [1.54, 1.807) is 30.3 Å². The Hall–Kier alpha value is -1.89. The first kappa shape index (κ1) is 15.5. The van der Waals surface area contributed by atoms with Crippen molar-refractivity contribution < 1.29 is 19.1 Å². The van der Waals surface area contributed by atoms with Crippen LogP contribution < -0.4 is 4.74 Å². The van der Waals surface area contributed by atoms with Crippen LogP contribution in [0.2, 0.25) is 0 Å². The molecule has 0 bridgehead atoms. The smallest absolute Gasteiger partial charge is 0.343 e. The van der Waals surface area contributed by atoms with Gasteiger partial charge in [0.1, 0.15) is 5.75 Å². The van der Waals surface area contributed by atoms with E-state index in [1.165, 1.54) is 13.2 Å². The van der Waals surface area contributed by atoms with Gasteiger partial charge >= 0.3 is 11.9 Å². The number of aryl methyl sites for hydroxylation is 1. The minimum absolute atomic E-state index is 0.304. The first-order chi connectivity index (χ1) is 10.0. The monoisotopic (exact) mass is 396 g/mol. The van der Waals surface area contributed by atoms with E-state index in [0.29, 0.717) is 16.9 Å². The van der Waals surface area contributed by atoms with E-state index in [1.807, 2.05) is 13.0 Å². The highest BCUT2D eigenvalue weighted by Gasteiger charge is 2.12. The molecule has 0 radical (unpaired) electrons. The van der Waals surface area contributed by atoms with Crippen molar-refractivity contribution >= 4 is 34.5 Å². The molecule has 0 saturated carbocycles. The zero-order valence-electron chi connectivity index (χ0n) is 11.6. The fourth-order valence-electron chi connectivity index (χ4n) is 1.69. The summed E-state index contributed by atoms with van der Waals surface area (Å²) < 4.78 is 10.9. The minimum Gasteiger partial charge on any atom is -0.465 e. The highest BCUT2D eigenvalue weighted by Crippen LogP contribution is 2.18. The molecule has 0 aliphatic heterocycles. The molecule has 0 spiro atoms. The van der Waals surface area contributed by atoms with Gasteiger partial charge in [0.25, 0.3) is 0 Å². The molecule has 0 N–H and O–H groups in total. The standard InChI is InChI=1S/C16H13IO4/c1-10-6-7-12(9-14(10)17)16(19)21-13-5-3-4-11(8-13)15(18)20-2/h3-9H,1-2H3. The van der Waals surface area contributed by atoms with Crippen LogP contribution in [0, 0.1) is 10.5 Å². The third-order valence-corrected chi connectivity index (χ3v) is 4.04. The summed E-state index contributed by atoms with van der Waals surface area (Å²) in [4.78, 5) is 23.5. The zero-order chi connectivity index (χ0) is 15.4. The maximum atomic E-state index is 12.1. The average molecular weight is 396 g/mol. The molecule has 21 heavy (non-hydrogen) atoms. The Kier molecular flexibility index (Phi) is 4.95. The van der Waals surface area contributed by atoms with E-state index in [0.717, 1.165) is 9.13 Å². The molecule has 4 nitrogen and oxygen atoms in total. The third-order valence-electron chi connectivity index (χ3n) is 2.87. The lowest BCUT2D eigenvalue weighted by Crippen LogP contribution is -2.10. The van der Waals surface area contributed by atoms with Crippen LogP contribution >= 0.6 is 22.6 Å². The lowest BCUT2D eigenvalue weighted by Gasteiger charge is -2.07. The lowest BCUT2D eigenvalue weighted by atomic mass is 10.1. The molecule has 2 rings (SSSR count). The van der Waals surface area contributed by atoms with E-state index < -0.39 is 11.9 Å². The van der Waals surface area contributed by atoms with Crippen LogP contribution in [-0.4, -0.2) is 19.0 Å². The Morgan fingerprint density at radius 1 is 1.00 bits per heavy atom. The molecule has 0 aliphatic carbocycles. The molecule has 0 atom stereocenters. The van der Waals surface area contributed by atoms with Crippen molar-refractivity contribution in [1.29, 1.82) is 0 Å². The second-order valence-corrected chi connectivity index (χ2v) is 5.54. The maximum Gasteiger partial charge on any atom is 0.343 e. The number of carbonyl (C=O) groups is 2. The number of methoxy groups -OCH3 is 1. The molecule has 0 aliphatic rings. The van der Waals surface area contributed by atoms with Crippen LogP contribution in [0.15, 0.2) is 42.5 Å². The summed E-state index contributed by atoms with van der Waals surface area (Å²) in [6.07, 6.45) is 0. The molecule has 0 amide bonds. The summed E-state index contributed by atoms with van der Waals surface area (Å²) >= 11 is 2.16. The number of esters is 2. The van der Waals surface area contributed by atoms with Crippen molar-refractivity contribution in [3.8, 4) is 5.75 Å². The quantitative estimate of drug-likeness (QED) is 0.452. The van der Waals surface area contributed by atoms with Crippen LogP contribution in [0.25, 0.3) is 0 Å². The van der Waals surface area contributed by atoms with Crippen molar-refractivity contribution in [2.24, 2.45) is 0 Å². The second-order valence-electron chi connectivity index (χ2n) is 4.37. The Bertz CT molecular complexity index is 694. The van der Waals surface area contributed by atoms with Crippen LogP contribution in [0.1, 0.15) is 26.3 Å². The summed E-state index contributed by atoms with van der Waals surface area (Å²) in [5, 5.41) is 0. The number of hydrogen-bond acceptors (Lipinski definition) is 4. The predicted octanol–water partition coefficient (Wildman–Crippen LogP) is 3.61. The van der Waals surface area contributed by atoms with Crippen molar-refractivity contribution in [3.63, 3.8) is 0 Å². The van der Waals surface area contributed by atoms with Gasteiger partial charge in [-0.1, -0.05) is 12.1 Å². The van der Waals surface area contributed by atoms with Crippen molar-refractivity contribution in [3.05, 3.63) is 62.7 Å². The topological polar surface area (TPSA) is 52.6 Å². The largest absolute Gasteiger partial charge is 0.465 e. The molecule has 0 aromatic heterocycles. The highest BCUT2D eigenvalue weighted by molar-refractivity contribution is 14.1. The summed E-state index contributed by atoms with van der Waals surface area (Å²) in [5.74, 6) is -0.633. The number of halogens is 1. The van der Waals surface area contributed by atoms with Crippen LogP contribution in [0.5, 0.6) is 5.75 Å². The number of ether oxygens (including phenoxy) is 2. The van der Waals surface area contributed by atoms with Gasteiger partial charge < -0.3 is 9.47 Å². The Morgan fingerprint density at radius 2 is 1.71 bits per heavy atom. The first-order valence-corrected chi connectivity index (χ1v) is 7.26. The maximum absolute atomic E-state index is 12.1. The molecule has 108 valence electrons. The summed E-state index contributed by atoms with van der Waals surface area (Å²) in [5.41, 5.74) is 1.90. The zero-order valence-corrected chi connectivity index (χ0v) is 13.7. The Morgan fingerprint density at radius 3 is 2.38 bits per heavy atom. The fourth-order valence-corrected chi connectivity index (χ4v) is 2.21. The van der Waals surface area contributed by atoms with E-state index in [-0.39, 0.29) is 0 Å². The molecule has 0 heterocycles. The van der Waals surface area contributed by atoms with Crippen LogP contribution in [0.4, 0.5) is 0 Å². The van der Waals surface area contributed by atoms with Gasteiger partial charge in [0, 0.05) is 3.57 Å².